The molecule has 7 heteroatoms. The highest BCUT2D eigenvalue weighted by Gasteiger charge is 2.14. The lowest BCUT2D eigenvalue weighted by atomic mass is 10.2. The smallest absolute Gasteiger partial charge is 0.282 e. The molecule has 2 aromatic carbocycles. The maximum absolute atomic E-state index is 13.1. The first-order valence-electron chi connectivity index (χ1n) is 9.60. The van der Waals surface area contributed by atoms with E-state index < -0.39 is 0 Å². The predicted octanol–water partition coefficient (Wildman–Crippen LogP) is 4.96. The number of aromatic nitrogens is 2. The quantitative estimate of drug-likeness (QED) is 0.470. The van der Waals surface area contributed by atoms with E-state index in [0.717, 1.165) is 15.8 Å². The van der Waals surface area contributed by atoms with Crippen LogP contribution in [0.15, 0.2) is 50.8 Å². The highest BCUT2D eigenvalue weighted by atomic mass is 79.9. The van der Waals surface area contributed by atoms with E-state index in [1.165, 1.54) is 4.68 Å². The number of hydrogen-bond acceptors (Lipinski definition) is 5. The van der Waals surface area contributed by atoms with E-state index in [1.54, 1.807) is 12.3 Å². The highest BCUT2D eigenvalue weighted by molar-refractivity contribution is 9.10. The van der Waals surface area contributed by atoms with Crippen LogP contribution < -0.4 is 15.0 Å². The van der Waals surface area contributed by atoms with Crippen LogP contribution in [0.2, 0.25) is 0 Å². The number of fused-ring (bicyclic) bond motifs is 1. The van der Waals surface area contributed by atoms with Gasteiger partial charge in [0.1, 0.15) is 17.3 Å². The molecule has 0 spiro atoms. The minimum atomic E-state index is -0.208. The van der Waals surface area contributed by atoms with E-state index >= 15 is 0 Å². The summed E-state index contributed by atoms with van der Waals surface area (Å²) in [6.07, 6.45) is 1.62. The summed E-state index contributed by atoms with van der Waals surface area (Å²) in [5.74, 6) is 2.01. The number of ether oxygens (including phenoxy) is 2. The Kier molecular flexibility index (Phi) is 6.69. The number of hydrogen-bond donors (Lipinski definition) is 0. The molecule has 0 aliphatic carbocycles. The fraction of sp³-hybridized carbons (Fsp3) is 0.318. The topological polar surface area (TPSA) is 65.7 Å². The molecule has 0 amide bonds. The molecular formula is C22H24BrN3O3. The van der Waals surface area contributed by atoms with Crippen LogP contribution in [0.5, 0.6) is 11.5 Å². The van der Waals surface area contributed by atoms with Gasteiger partial charge in [0.2, 0.25) is 0 Å². The zero-order valence-corrected chi connectivity index (χ0v) is 18.6. The minimum absolute atomic E-state index is 0.0274. The monoisotopic (exact) mass is 457 g/mol. The Morgan fingerprint density at radius 1 is 1.14 bits per heavy atom. The van der Waals surface area contributed by atoms with Crippen LogP contribution in [-0.4, -0.2) is 29.1 Å². The third kappa shape index (κ3) is 4.67. The second kappa shape index (κ2) is 9.22. The van der Waals surface area contributed by atoms with Crippen molar-refractivity contribution < 1.29 is 9.47 Å². The number of halogens is 1. The Bertz CT molecular complexity index is 1110. The van der Waals surface area contributed by atoms with E-state index in [1.807, 2.05) is 58.0 Å². The van der Waals surface area contributed by atoms with Gasteiger partial charge < -0.3 is 9.47 Å². The van der Waals surface area contributed by atoms with Crippen molar-refractivity contribution in [2.75, 3.05) is 13.2 Å². The second-order valence-electron chi connectivity index (χ2n) is 6.71. The Morgan fingerprint density at radius 3 is 2.59 bits per heavy atom. The summed E-state index contributed by atoms with van der Waals surface area (Å²) < 4.78 is 13.5. The van der Waals surface area contributed by atoms with Crippen molar-refractivity contribution in [1.29, 1.82) is 0 Å². The Hall–Kier alpha value is -2.67. The normalized spacial score (nSPS) is 11.5. The molecule has 0 atom stereocenters. The van der Waals surface area contributed by atoms with E-state index in [0.29, 0.717) is 35.7 Å². The SMILES string of the molecule is CCOc1ccc(C=Nn2c(C(C)C)nc3ccc(Br)cc3c2=O)c(OCC)c1. The molecule has 1 aromatic heterocycles. The van der Waals surface area contributed by atoms with Gasteiger partial charge in [-0.3, -0.25) is 4.79 Å². The summed E-state index contributed by atoms with van der Waals surface area (Å²) in [6.45, 7) is 8.91. The van der Waals surface area contributed by atoms with E-state index in [-0.39, 0.29) is 11.5 Å². The lowest BCUT2D eigenvalue weighted by Gasteiger charge is -2.13. The van der Waals surface area contributed by atoms with Crippen LogP contribution in [-0.2, 0) is 0 Å². The van der Waals surface area contributed by atoms with Crippen molar-refractivity contribution >= 4 is 33.0 Å². The van der Waals surface area contributed by atoms with Gasteiger partial charge in [0.05, 0.1) is 30.3 Å². The van der Waals surface area contributed by atoms with E-state index in [9.17, 15) is 4.79 Å². The molecule has 3 aromatic rings. The summed E-state index contributed by atoms with van der Waals surface area (Å²) in [4.78, 5) is 17.8. The first kappa shape index (κ1) is 21.0. The largest absolute Gasteiger partial charge is 0.494 e. The van der Waals surface area contributed by atoms with Crippen LogP contribution in [0.3, 0.4) is 0 Å². The maximum Gasteiger partial charge on any atom is 0.282 e. The van der Waals surface area contributed by atoms with Gasteiger partial charge in [-0.15, -0.1) is 0 Å². The molecule has 152 valence electrons. The molecule has 0 bridgehead atoms. The van der Waals surface area contributed by atoms with Crippen LogP contribution in [0.25, 0.3) is 10.9 Å². The summed E-state index contributed by atoms with van der Waals surface area (Å²) in [5.41, 5.74) is 1.20. The van der Waals surface area contributed by atoms with Crippen LogP contribution in [0, 0.1) is 0 Å². The average molecular weight is 458 g/mol. The zero-order valence-electron chi connectivity index (χ0n) is 17.0. The third-order valence-corrected chi connectivity index (χ3v) is 4.75. The highest BCUT2D eigenvalue weighted by Crippen LogP contribution is 2.24. The molecule has 0 radical (unpaired) electrons. The van der Waals surface area contributed by atoms with Gasteiger partial charge in [0.25, 0.3) is 5.56 Å². The second-order valence-corrected chi connectivity index (χ2v) is 7.63. The molecule has 3 rings (SSSR count). The summed E-state index contributed by atoms with van der Waals surface area (Å²) in [5, 5.41) is 4.99. The fourth-order valence-electron chi connectivity index (χ4n) is 2.93. The van der Waals surface area contributed by atoms with Gasteiger partial charge >= 0.3 is 0 Å². The van der Waals surface area contributed by atoms with Crippen molar-refractivity contribution in [2.45, 2.75) is 33.6 Å². The molecule has 0 saturated carbocycles. The molecule has 0 N–H and O–H groups in total. The number of rotatable bonds is 7. The Morgan fingerprint density at radius 2 is 1.90 bits per heavy atom. The molecule has 1 heterocycles. The fourth-order valence-corrected chi connectivity index (χ4v) is 3.29. The molecular weight excluding hydrogens is 434 g/mol. The van der Waals surface area contributed by atoms with Crippen molar-refractivity contribution in [1.82, 2.24) is 9.66 Å². The minimum Gasteiger partial charge on any atom is -0.494 e. The molecule has 0 aliphatic heterocycles. The first-order valence-corrected chi connectivity index (χ1v) is 10.4. The van der Waals surface area contributed by atoms with Gasteiger partial charge in [0, 0.05) is 22.0 Å². The molecule has 0 aliphatic rings. The van der Waals surface area contributed by atoms with Gasteiger partial charge in [-0.25, -0.2) is 4.98 Å². The standard InChI is InChI=1S/C22H24BrN3O3/c1-5-28-17-9-7-15(20(12-17)29-6-2)13-24-26-21(14(3)4)25-19-10-8-16(23)11-18(19)22(26)27/h7-14H,5-6H2,1-4H3. The van der Waals surface area contributed by atoms with Crippen molar-refractivity contribution in [2.24, 2.45) is 5.10 Å². The third-order valence-electron chi connectivity index (χ3n) is 4.26. The van der Waals surface area contributed by atoms with Crippen molar-refractivity contribution in [3.05, 3.63) is 62.6 Å². The molecule has 0 fully saturated rings. The van der Waals surface area contributed by atoms with Crippen molar-refractivity contribution in [3.8, 4) is 11.5 Å². The van der Waals surface area contributed by atoms with E-state index in [4.69, 9.17) is 9.47 Å². The molecule has 6 nitrogen and oxygen atoms in total. The van der Waals surface area contributed by atoms with Crippen LogP contribution in [0.1, 0.15) is 45.0 Å². The van der Waals surface area contributed by atoms with Gasteiger partial charge in [0.15, 0.2) is 0 Å². The van der Waals surface area contributed by atoms with Gasteiger partial charge in [-0.2, -0.15) is 9.78 Å². The number of benzene rings is 2. The lowest BCUT2D eigenvalue weighted by Crippen LogP contribution is -2.23. The Balaban J connectivity index is 2.11. The zero-order chi connectivity index (χ0) is 21.0. The lowest BCUT2D eigenvalue weighted by molar-refractivity contribution is 0.323. The van der Waals surface area contributed by atoms with E-state index in [2.05, 4.69) is 26.0 Å². The van der Waals surface area contributed by atoms with Crippen molar-refractivity contribution in [3.63, 3.8) is 0 Å². The molecule has 0 unspecified atom stereocenters. The predicted molar refractivity (Wildman–Crippen MR) is 120 cm³/mol. The first-order chi connectivity index (χ1) is 13.9. The summed E-state index contributed by atoms with van der Waals surface area (Å²) >= 11 is 3.42. The number of nitrogens with zero attached hydrogens (tertiary/aromatic N) is 3. The van der Waals surface area contributed by atoms with Gasteiger partial charge in [-0.05, 0) is 44.2 Å². The molecule has 29 heavy (non-hydrogen) atoms. The van der Waals surface area contributed by atoms with Gasteiger partial charge in [-0.1, -0.05) is 29.8 Å². The maximum atomic E-state index is 13.1. The van der Waals surface area contributed by atoms with Crippen LogP contribution in [0.4, 0.5) is 0 Å². The Labute approximate surface area is 178 Å². The summed E-state index contributed by atoms with van der Waals surface area (Å²) in [6, 6.07) is 11.0. The average Bonchev–Trinajstić information content (AvgIpc) is 2.69. The van der Waals surface area contributed by atoms with Crippen LogP contribution >= 0.6 is 15.9 Å². The molecule has 0 saturated heterocycles. The summed E-state index contributed by atoms with van der Waals surface area (Å²) in [7, 11) is 0.